The van der Waals surface area contributed by atoms with E-state index in [1.165, 1.54) is 0 Å². The van der Waals surface area contributed by atoms with Crippen molar-refractivity contribution in [3.8, 4) is 0 Å². The van der Waals surface area contributed by atoms with Crippen LogP contribution in [-0.4, -0.2) is 84.8 Å². The number of urea groups is 2. The van der Waals surface area contributed by atoms with Crippen LogP contribution in [0.3, 0.4) is 0 Å². The van der Waals surface area contributed by atoms with Gasteiger partial charge in [0.05, 0.1) is 6.67 Å². The smallest absolute Gasteiger partial charge is 0.329 e. The lowest BCUT2D eigenvalue weighted by molar-refractivity contribution is -0.273. The molecule has 2 heterocycles. The largest absolute Gasteiger partial charge is 0.463 e. The van der Waals surface area contributed by atoms with E-state index in [1.807, 2.05) is 5.32 Å². The molecular formula is C17H23N3O11. The van der Waals surface area contributed by atoms with Crippen molar-refractivity contribution in [2.45, 2.75) is 58.3 Å². The van der Waals surface area contributed by atoms with Crippen molar-refractivity contribution in [3.63, 3.8) is 0 Å². The molecule has 2 rings (SSSR count). The molecule has 2 aliphatic heterocycles. The number of carbonyl (C=O) groups is 6. The topological polar surface area (TPSA) is 176 Å². The second-order valence-corrected chi connectivity index (χ2v) is 6.65. The number of imide groups is 1. The van der Waals surface area contributed by atoms with Crippen molar-refractivity contribution in [1.29, 1.82) is 0 Å². The number of esters is 4. The fourth-order valence-corrected chi connectivity index (χ4v) is 3.10. The lowest BCUT2D eigenvalue weighted by Crippen LogP contribution is -2.70. The van der Waals surface area contributed by atoms with Crippen LogP contribution in [0.15, 0.2) is 0 Å². The Hall–Kier alpha value is -3.42. The second kappa shape index (κ2) is 10.1. The van der Waals surface area contributed by atoms with E-state index < -0.39 is 73.2 Å². The van der Waals surface area contributed by atoms with Crippen molar-refractivity contribution >= 4 is 35.9 Å². The minimum atomic E-state index is -1.44. The first kappa shape index (κ1) is 23.9. The maximum atomic E-state index is 12.4. The second-order valence-electron chi connectivity index (χ2n) is 6.65. The van der Waals surface area contributed by atoms with Gasteiger partial charge in [0.25, 0.3) is 0 Å². The molecule has 5 atom stereocenters. The van der Waals surface area contributed by atoms with Crippen molar-refractivity contribution in [2.75, 3.05) is 13.3 Å². The minimum absolute atomic E-state index is 0.335. The Labute approximate surface area is 176 Å². The number of hydrogen-bond donors (Lipinski definition) is 2. The monoisotopic (exact) mass is 445 g/mol. The number of ether oxygens (including phenoxy) is 5. The fraction of sp³-hybridized carbons (Fsp3) is 0.647. The number of nitrogens with zero attached hydrogens (tertiary/aromatic N) is 1. The van der Waals surface area contributed by atoms with Crippen LogP contribution in [0.5, 0.6) is 0 Å². The van der Waals surface area contributed by atoms with Gasteiger partial charge in [-0.2, -0.15) is 0 Å². The molecule has 0 aliphatic carbocycles. The zero-order valence-corrected chi connectivity index (χ0v) is 17.2. The quantitative estimate of drug-likeness (QED) is 0.369. The van der Waals surface area contributed by atoms with Crippen molar-refractivity contribution < 1.29 is 52.5 Å². The summed E-state index contributed by atoms with van der Waals surface area (Å²) in [6.07, 6.45) is -6.82. The first-order valence-electron chi connectivity index (χ1n) is 9.15. The molecule has 14 nitrogen and oxygen atoms in total. The van der Waals surface area contributed by atoms with Crippen LogP contribution >= 0.6 is 0 Å². The van der Waals surface area contributed by atoms with E-state index in [0.29, 0.717) is 0 Å². The highest BCUT2D eigenvalue weighted by atomic mass is 16.7. The number of carbonyl (C=O) groups excluding carboxylic acids is 6. The Morgan fingerprint density at radius 3 is 1.97 bits per heavy atom. The van der Waals surface area contributed by atoms with Gasteiger partial charge >= 0.3 is 35.9 Å². The highest BCUT2D eigenvalue weighted by molar-refractivity contribution is 5.95. The van der Waals surface area contributed by atoms with E-state index >= 15 is 0 Å². The van der Waals surface area contributed by atoms with Gasteiger partial charge in [0.1, 0.15) is 12.7 Å². The van der Waals surface area contributed by atoms with E-state index in [1.54, 1.807) is 0 Å². The third-order valence-corrected chi connectivity index (χ3v) is 4.16. The maximum Gasteiger partial charge on any atom is 0.329 e. The van der Waals surface area contributed by atoms with Crippen molar-refractivity contribution in [2.24, 2.45) is 0 Å². The SMILES string of the molecule is CC(=O)OC[C@H]1O[C@@H](N2CNC(=O)NC2=O)[C@H](OC(C)=O)[C@@H](OC(C)=O)[C@@H]1OC(C)=O. The van der Waals surface area contributed by atoms with Gasteiger partial charge in [0, 0.05) is 27.7 Å². The van der Waals surface area contributed by atoms with Crippen LogP contribution in [0.1, 0.15) is 27.7 Å². The van der Waals surface area contributed by atoms with E-state index in [9.17, 15) is 28.8 Å². The van der Waals surface area contributed by atoms with Gasteiger partial charge in [-0.3, -0.25) is 29.4 Å². The molecule has 2 fully saturated rings. The van der Waals surface area contributed by atoms with Crippen molar-refractivity contribution in [1.82, 2.24) is 15.5 Å². The predicted molar refractivity (Wildman–Crippen MR) is 95.7 cm³/mol. The molecular weight excluding hydrogens is 422 g/mol. The lowest BCUT2D eigenvalue weighted by Gasteiger charge is -2.48. The molecule has 2 saturated heterocycles. The molecule has 172 valence electrons. The summed E-state index contributed by atoms with van der Waals surface area (Å²) in [7, 11) is 0. The molecule has 14 heteroatoms. The molecule has 0 radical (unpaired) electrons. The summed E-state index contributed by atoms with van der Waals surface area (Å²) in [6, 6.07) is -1.64. The summed E-state index contributed by atoms with van der Waals surface area (Å²) in [6.45, 7) is 3.61. The van der Waals surface area contributed by atoms with Gasteiger partial charge < -0.3 is 29.0 Å². The average Bonchev–Trinajstić information content (AvgIpc) is 2.63. The third kappa shape index (κ3) is 6.28. The van der Waals surface area contributed by atoms with Crippen LogP contribution < -0.4 is 10.6 Å². The molecule has 0 aromatic heterocycles. The summed E-state index contributed by atoms with van der Waals surface area (Å²) < 4.78 is 26.5. The van der Waals surface area contributed by atoms with Crippen LogP contribution in [0.4, 0.5) is 9.59 Å². The van der Waals surface area contributed by atoms with Gasteiger partial charge in [-0.25, -0.2) is 9.59 Å². The molecule has 31 heavy (non-hydrogen) atoms. The maximum absolute atomic E-state index is 12.4. The normalized spacial score (nSPS) is 28.0. The summed E-state index contributed by atoms with van der Waals surface area (Å²) >= 11 is 0. The zero-order valence-electron chi connectivity index (χ0n) is 17.2. The predicted octanol–water partition coefficient (Wildman–Crippen LogP) is -1.24. The highest BCUT2D eigenvalue weighted by Gasteiger charge is 2.55. The summed E-state index contributed by atoms with van der Waals surface area (Å²) in [5.74, 6) is -3.06. The Morgan fingerprint density at radius 1 is 0.903 bits per heavy atom. The molecule has 0 aromatic carbocycles. The Kier molecular flexibility index (Phi) is 7.74. The molecule has 2 aliphatic rings. The average molecular weight is 445 g/mol. The van der Waals surface area contributed by atoms with E-state index in [0.717, 1.165) is 32.6 Å². The molecule has 0 bridgehead atoms. The number of rotatable bonds is 6. The molecule has 4 amide bonds. The molecule has 0 saturated carbocycles. The highest BCUT2D eigenvalue weighted by Crippen LogP contribution is 2.31. The summed E-state index contributed by atoms with van der Waals surface area (Å²) in [5, 5.41) is 4.36. The molecule has 2 N–H and O–H groups in total. The minimum Gasteiger partial charge on any atom is -0.463 e. The standard InChI is InChI=1S/C17H23N3O11/c1-7(21)27-5-11-12(28-8(2)22)13(29-9(3)23)14(30-10(4)24)15(31-11)20-6-18-16(25)19-17(20)26/h11-15H,5-6H2,1-4H3,(H2,18,19,25,26)/t11-,12-,13+,14-,15-/m1/s1. The van der Waals surface area contributed by atoms with Gasteiger partial charge in [0.2, 0.25) is 0 Å². The third-order valence-electron chi connectivity index (χ3n) is 4.16. The van der Waals surface area contributed by atoms with Gasteiger partial charge in [-0.05, 0) is 0 Å². The van der Waals surface area contributed by atoms with Crippen LogP contribution in [-0.2, 0) is 42.9 Å². The number of amides is 4. The van der Waals surface area contributed by atoms with Gasteiger partial charge in [0.15, 0.2) is 24.5 Å². The Morgan fingerprint density at radius 2 is 1.45 bits per heavy atom. The number of nitrogens with one attached hydrogen (secondary N) is 2. The van der Waals surface area contributed by atoms with Crippen LogP contribution in [0, 0.1) is 0 Å². The number of hydrogen-bond acceptors (Lipinski definition) is 11. The van der Waals surface area contributed by atoms with E-state index in [-0.39, 0.29) is 6.67 Å². The van der Waals surface area contributed by atoms with E-state index in [4.69, 9.17) is 23.7 Å². The first-order chi connectivity index (χ1) is 14.5. The molecule has 0 spiro atoms. The Balaban J connectivity index is 2.47. The van der Waals surface area contributed by atoms with Gasteiger partial charge in [-0.15, -0.1) is 0 Å². The van der Waals surface area contributed by atoms with Gasteiger partial charge in [-0.1, -0.05) is 0 Å². The molecule has 0 aromatic rings. The van der Waals surface area contributed by atoms with E-state index in [2.05, 4.69) is 5.32 Å². The summed E-state index contributed by atoms with van der Waals surface area (Å²) in [5.41, 5.74) is 0. The Bertz CT molecular complexity index is 770. The first-order valence-corrected chi connectivity index (χ1v) is 9.15. The summed E-state index contributed by atoms with van der Waals surface area (Å²) in [4.78, 5) is 71.2. The van der Waals surface area contributed by atoms with Crippen LogP contribution in [0.25, 0.3) is 0 Å². The fourth-order valence-electron chi connectivity index (χ4n) is 3.10. The van der Waals surface area contributed by atoms with Crippen LogP contribution in [0.2, 0.25) is 0 Å². The zero-order chi connectivity index (χ0) is 23.3. The lowest BCUT2D eigenvalue weighted by atomic mass is 9.96. The molecule has 0 unspecified atom stereocenters. The van der Waals surface area contributed by atoms with Crippen molar-refractivity contribution in [3.05, 3.63) is 0 Å².